The molecule has 0 bridgehead atoms. The summed E-state index contributed by atoms with van der Waals surface area (Å²) in [6.45, 7) is 0.777. The molecule has 1 aliphatic heterocycles. The molecule has 1 amide bonds. The molecule has 1 atom stereocenters. The summed E-state index contributed by atoms with van der Waals surface area (Å²) < 4.78 is 16.2. The third-order valence-electron chi connectivity index (χ3n) is 4.83. The fraction of sp³-hybridized carbons (Fsp3) is 0.333. The Hall–Kier alpha value is -3.06. The van der Waals surface area contributed by atoms with E-state index >= 15 is 0 Å². The minimum Gasteiger partial charge on any atom is -0.493 e. The largest absolute Gasteiger partial charge is 0.493 e. The molecule has 146 valence electrons. The zero-order chi connectivity index (χ0) is 19.5. The maximum Gasteiger partial charge on any atom is 0.228 e. The first-order valence-corrected chi connectivity index (χ1v) is 9.28. The van der Waals surface area contributed by atoms with Crippen LogP contribution in [0.3, 0.4) is 0 Å². The minimum absolute atomic E-state index is 0.0375. The predicted octanol–water partition coefficient (Wildman–Crippen LogP) is 3.61. The van der Waals surface area contributed by atoms with Crippen LogP contribution in [-0.2, 0) is 16.0 Å². The van der Waals surface area contributed by atoms with E-state index in [1.54, 1.807) is 20.3 Å². The van der Waals surface area contributed by atoms with Gasteiger partial charge in [-0.1, -0.05) is 6.07 Å². The van der Waals surface area contributed by atoms with Gasteiger partial charge in [0.15, 0.2) is 11.5 Å². The van der Waals surface area contributed by atoms with Gasteiger partial charge in [0.2, 0.25) is 5.91 Å². The number of carbonyl (C=O) groups is 1. The second-order valence-electron chi connectivity index (χ2n) is 6.77. The number of ether oxygens (including phenoxy) is 3. The monoisotopic (exact) mass is 381 g/mol. The van der Waals surface area contributed by atoms with Crippen molar-refractivity contribution in [3.05, 3.63) is 47.8 Å². The molecule has 4 rings (SSSR count). The van der Waals surface area contributed by atoms with Crippen molar-refractivity contribution in [2.75, 3.05) is 26.1 Å². The lowest BCUT2D eigenvalue weighted by molar-refractivity contribution is -0.115. The van der Waals surface area contributed by atoms with E-state index in [9.17, 15) is 4.79 Å². The van der Waals surface area contributed by atoms with Crippen LogP contribution in [-0.4, -0.2) is 36.7 Å². The van der Waals surface area contributed by atoms with Gasteiger partial charge in [-0.15, -0.1) is 0 Å². The molecule has 2 aromatic carbocycles. The number of amides is 1. The first-order chi connectivity index (χ1) is 13.7. The van der Waals surface area contributed by atoms with Gasteiger partial charge in [0, 0.05) is 12.3 Å². The van der Waals surface area contributed by atoms with Crippen molar-refractivity contribution >= 4 is 22.6 Å². The molecule has 7 nitrogen and oxygen atoms in total. The van der Waals surface area contributed by atoms with Gasteiger partial charge in [0.1, 0.15) is 11.9 Å². The van der Waals surface area contributed by atoms with E-state index in [2.05, 4.69) is 15.3 Å². The van der Waals surface area contributed by atoms with E-state index in [0.29, 0.717) is 11.5 Å². The Morgan fingerprint density at radius 1 is 1.21 bits per heavy atom. The number of rotatable bonds is 6. The summed E-state index contributed by atoms with van der Waals surface area (Å²) in [5.74, 6) is 1.98. The average Bonchev–Trinajstić information content (AvgIpc) is 3.37. The molecule has 28 heavy (non-hydrogen) atoms. The quantitative estimate of drug-likeness (QED) is 0.681. The first kappa shape index (κ1) is 18.3. The Balaban J connectivity index is 1.46. The first-order valence-electron chi connectivity index (χ1n) is 9.28. The normalized spacial score (nSPS) is 16.3. The molecule has 3 aromatic rings. The van der Waals surface area contributed by atoms with Gasteiger partial charge < -0.3 is 24.5 Å². The molecule has 1 fully saturated rings. The Kier molecular flexibility index (Phi) is 5.16. The Morgan fingerprint density at radius 2 is 2.07 bits per heavy atom. The van der Waals surface area contributed by atoms with Crippen molar-refractivity contribution in [3.63, 3.8) is 0 Å². The summed E-state index contributed by atoms with van der Waals surface area (Å²) in [6, 6.07) is 11.1. The smallest absolute Gasteiger partial charge is 0.228 e. The number of nitrogens with one attached hydrogen (secondary N) is 2. The highest BCUT2D eigenvalue weighted by Gasteiger charge is 2.21. The van der Waals surface area contributed by atoms with Gasteiger partial charge in [-0.3, -0.25) is 4.79 Å². The number of carbonyl (C=O) groups excluding carboxylic acids is 1. The van der Waals surface area contributed by atoms with Crippen LogP contribution in [0.15, 0.2) is 36.4 Å². The molecule has 2 N–H and O–H groups in total. The Labute approximate surface area is 163 Å². The lowest BCUT2D eigenvalue weighted by atomic mass is 10.1. The number of nitrogens with zero attached hydrogens (tertiary/aromatic N) is 1. The number of benzene rings is 2. The van der Waals surface area contributed by atoms with Crippen LogP contribution in [0, 0.1) is 0 Å². The maximum absolute atomic E-state index is 12.5. The standard InChI is InChI=1S/C21H23N3O4/c1-26-17-8-5-13(10-19(17)27-2)11-20(25)22-14-6-7-15-16(12-14)24-21(23-15)18-4-3-9-28-18/h5-8,10,12,18H,3-4,9,11H2,1-2H3,(H,22,25)(H,23,24). The third-order valence-corrected chi connectivity index (χ3v) is 4.83. The van der Waals surface area contributed by atoms with E-state index < -0.39 is 0 Å². The molecule has 1 saturated heterocycles. The molecular formula is C21H23N3O4. The Bertz CT molecular complexity index is 992. The van der Waals surface area contributed by atoms with Crippen LogP contribution in [0.5, 0.6) is 11.5 Å². The number of hydrogen-bond donors (Lipinski definition) is 2. The SMILES string of the molecule is COc1ccc(CC(=O)Nc2ccc3nc(C4CCCO4)[nH]c3c2)cc1OC. The molecule has 0 radical (unpaired) electrons. The minimum atomic E-state index is -0.106. The highest BCUT2D eigenvalue weighted by atomic mass is 16.5. The highest BCUT2D eigenvalue weighted by molar-refractivity contribution is 5.94. The number of H-pyrrole nitrogens is 1. The summed E-state index contributed by atoms with van der Waals surface area (Å²) in [6.07, 6.45) is 2.31. The van der Waals surface area contributed by atoms with Gasteiger partial charge in [0.25, 0.3) is 0 Å². The average molecular weight is 381 g/mol. The van der Waals surface area contributed by atoms with Gasteiger partial charge in [0.05, 0.1) is 31.7 Å². The molecular weight excluding hydrogens is 358 g/mol. The van der Waals surface area contributed by atoms with E-state index in [1.165, 1.54) is 0 Å². The van der Waals surface area contributed by atoms with Crippen molar-refractivity contribution in [2.45, 2.75) is 25.4 Å². The lowest BCUT2D eigenvalue weighted by Gasteiger charge is -2.10. The summed E-state index contributed by atoms with van der Waals surface area (Å²) in [7, 11) is 3.16. The van der Waals surface area contributed by atoms with Crippen LogP contribution < -0.4 is 14.8 Å². The van der Waals surface area contributed by atoms with Crippen molar-refractivity contribution < 1.29 is 19.0 Å². The van der Waals surface area contributed by atoms with E-state index in [0.717, 1.165) is 47.6 Å². The molecule has 1 aromatic heterocycles. The molecule has 0 saturated carbocycles. The summed E-state index contributed by atoms with van der Waals surface area (Å²) in [5.41, 5.74) is 3.32. The van der Waals surface area contributed by atoms with Crippen LogP contribution in [0.2, 0.25) is 0 Å². The van der Waals surface area contributed by atoms with Crippen molar-refractivity contribution in [3.8, 4) is 11.5 Å². The maximum atomic E-state index is 12.5. The zero-order valence-corrected chi connectivity index (χ0v) is 16.0. The molecule has 7 heteroatoms. The molecule has 0 spiro atoms. The van der Waals surface area contributed by atoms with Gasteiger partial charge in [-0.2, -0.15) is 0 Å². The van der Waals surface area contributed by atoms with Gasteiger partial charge in [-0.25, -0.2) is 4.98 Å². The zero-order valence-electron chi connectivity index (χ0n) is 16.0. The van der Waals surface area contributed by atoms with Crippen molar-refractivity contribution in [1.29, 1.82) is 0 Å². The number of aromatic nitrogens is 2. The summed E-state index contributed by atoms with van der Waals surface area (Å²) >= 11 is 0. The van der Waals surface area contributed by atoms with Crippen LogP contribution in [0.25, 0.3) is 11.0 Å². The topological polar surface area (TPSA) is 85.5 Å². The van der Waals surface area contributed by atoms with Crippen LogP contribution >= 0.6 is 0 Å². The Morgan fingerprint density at radius 3 is 2.82 bits per heavy atom. The van der Waals surface area contributed by atoms with E-state index in [4.69, 9.17) is 14.2 Å². The molecule has 1 unspecified atom stereocenters. The number of anilines is 1. The highest BCUT2D eigenvalue weighted by Crippen LogP contribution is 2.29. The molecule has 0 aliphatic carbocycles. The van der Waals surface area contributed by atoms with Crippen LogP contribution in [0.1, 0.15) is 30.3 Å². The molecule has 2 heterocycles. The number of fused-ring (bicyclic) bond motifs is 1. The van der Waals surface area contributed by atoms with Crippen LogP contribution in [0.4, 0.5) is 5.69 Å². The third kappa shape index (κ3) is 3.80. The van der Waals surface area contributed by atoms with Gasteiger partial charge in [-0.05, 0) is 48.7 Å². The van der Waals surface area contributed by atoms with E-state index in [-0.39, 0.29) is 18.4 Å². The summed E-state index contributed by atoms with van der Waals surface area (Å²) in [4.78, 5) is 20.4. The number of imidazole rings is 1. The van der Waals surface area contributed by atoms with Crippen molar-refractivity contribution in [1.82, 2.24) is 9.97 Å². The fourth-order valence-corrected chi connectivity index (χ4v) is 3.43. The number of hydrogen-bond acceptors (Lipinski definition) is 5. The van der Waals surface area contributed by atoms with Crippen molar-refractivity contribution in [2.24, 2.45) is 0 Å². The molecule has 1 aliphatic rings. The predicted molar refractivity (Wildman–Crippen MR) is 106 cm³/mol. The second-order valence-corrected chi connectivity index (χ2v) is 6.77. The van der Waals surface area contributed by atoms with E-state index in [1.807, 2.05) is 30.3 Å². The fourth-order valence-electron chi connectivity index (χ4n) is 3.43. The second kappa shape index (κ2) is 7.90. The number of aromatic amines is 1. The lowest BCUT2D eigenvalue weighted by Crippen LogP contribution is -2.14. The summed E-state index contributed by atoms with van der Waals surface area (Å²) in [5, 5.41) is 2.94. The van der Waals surface area contributed by atoms with Gasteiger partial charge >= 0.3 is 0 Å². The number of methoxy groups -OCH3 is 2.